The van der Waals surface area contributed by atoms with Crippen LogP contribution in [0.4, 0.5) is 17.6 Å². The number of nitrogen functional groups attached to an aromatic ring is 1. The number of thiophene rings is 4. The van der Waals surface area contributed by atoms with E-state index in [1.165, 1.54) is 73.7 Å². The number of nitrogens with zero attached hydrogens (tertiary/aromatic N) is 3. The Bertz CT molecular complexity index is 5800. The molecule has 15 rings (SSSR count). The van der Waals surface area contributed by atoms with Crippen molar-refractivity contribution in [3.63, 3.8) is 0 Å². The van der Waals surface area contributed by atoms with Crippen molar-refractivity contribution in [3.8, 4) is 0 Å². The molecule has 7 atom stereocenters. The van der Waals surface area contributed by atoms with Crippen LogP contribution in [0, 0.1) is 28.7 Å². The number of aldehydes is 1. The minimum absolute atomic E-state index is 0. The van der Waals surface area contributed by atoms with E-state index >= 15 is 0 Å². The normalized spacial score (nSPS) is 14.3. The summed E-state index contributed by atoms with van der Waals surface area (Å²) in [5.74, 6) is -1.79. The zero-order chi connectivity index (χ0) is 97.8. The molecule has 0 saturated heterocycles. The predicted octanol–water partition coefficient (Wildman–Crippen LogP) is 19.9. The van der Waals surface area contributed by atoms with Crippen LogP contribution in [-0.4, -0.2) is 78.7 Å². The number of ketones is 1. The van der Waals surface area contributed by atoms with Crippen LogP contribution in [0.15, 0.2) is 313 Å². The Morgan fingerprint density at radius 3 is 0.920 bits per heavy atom. The van der Waals surface area contributed by atoms with Crippen molar-refractivity contribution in [3.05, 3.63) is 405 Å². The molecule has 36 heteroatoms. The van der Waals surface area contributed by atoms with Crippen molar-refractivity contribution < 1.29 is 90.6 Å². The minimum Gasteiger partial charge on any atom is -0.550 e. The number of nitrogens with one attached hydrogen (secondary N) is 8. The van der Waals surface area contributed by atoms with Crippen molar-refractivity contribution in [1.29, 1.82) is 5.41 Å². The number of hydrogen-bond acceptors (Lipinski definition) is 20. The van der Waals surface area contributed by atoms with Gasteiger partial charge in [-0.1, -0.05) is 225 Å². The Kier molecular flexibility index (Phi) is 51.1. The largest absolute Gasteiger partial charge is 1.00 e. The van der Waals surface area contributed by atoms with Crippen LogP contribution in [-0.2, 0) is 33.6 Å². The van der Waals surface area contributed by atoms with E-state index in [0.717, 1.165) is 54.8 Å². The molecule has 0 bridgehead atoms. The first-order valence-electron chi connectivity index (χ1n) is 41.1. The Labute approximate surface area is 866 Å². The van der Waals surface area contributed by atoms with E-state index in [2.05, 4.69) is 48.8 Å². The van der Waals surface area contributed by atoms with Crippen LogP contribution in [0.5, 0.6) is 0 Å². The Balaban J connectivity index is 0.000000355. The van der Waals surface area contributed by atoms with Gasteiger partial charge in [0.05, 0.1) is 71.8 Å². The van der Waals surface area contributed by atoms with Gasteiger partial charge in [-0.3, -0.25) is 53.9 Å². The van der Waals surface area contributed by atoms with E-state index in [4.69, 9.17) is 82.4 Å². The summed E-state index contributed by atoms with van der Waals surface area (Å²) in [4.78, 5) is 108. The zero-order valence-corrected chi connectivity index (χ0v) is 84.5. The van der Waals surface area contributed by atoms with E-state index in [-0.39, 0.29) is 144 Å². The number of allylic oxidation sites excluding steroid dienone is 3. The maximum absolute atomic E-state index is 13.7. The average molecular weight is 2060 g/mol. The van der Waals surface area contributed by atoms with Crippen molar-refractivity contribution >= 4 is 182 Å². The SMILES string of the molecule is C.C.CC(=O)CC(=O)N[C@@H](C)c1ccccc1.CC(=O)Cl.CC(=O)[O-].CC1=C(C(=O)N[C@@H](C)c2ccccc2)[C@@H](c2ccc(F)cc2Cl)N=C(c2cccs2)N1.CC1=C(C(=O)N[C@@H](C)c2ccccc2)[C@H](c2ccc(F)cc2Cl)N=C(c2cccs2)N1.CC1=C(C(=O)N[C@@H](C)c2ccccc2)[C@H](c2ccc(F)cc2Cl)N=C(c2cccs2)N1.N=C(N)c1cccs1.O=Cc1ccc(F)cc1Cl.[B].[Na+]. The fourth-order valence-electron chi connectivity index (χ4n) is 13.0. The van der Waals surface area contributed by atoms with Crippen molar-refractivity contribution in [2.24, 2.45) is 20.7 Å². The molecule has 0 unspecified atom stereocenters. The number of halogens is 9. The van der Waals surface area contributed by atoms with Gasteiger partial charge in [0.25, 0.3) is 17.7 Å². The molecular weight excluding hydrogens is 1950 g/mol. The molecule has 0 fully saturated rings. The Hall–Kier alpha value is -11.7. The van der Waals surface area contributed by atoms with E-state index in [1.807, 2.05) is 240 Å². The molecule has 0 saturated carbocycles. The van der Waals surface area contributed by atoms with Gasteiger partial charge in [-0.05, 0) is 197 Å². The second-order valence-electron chi connectivity index (χ2n) is 29.6. The number of carboxylic acid groups (broad SMARTS) is 1. The van der Waals surface area contributed by atoms with E-state index in [0.29, 0.717) is 79.9 Å². The summed E-state index contributed by atoms with van der Waals surface area (Å²) < 4.78 is 53.3. The second-order valence-corrected chi connectivity index (χ2v) is 35.5. The van der Waals surface area contributed by atoms with Gasteiger partial charge in [0.1, 0.15) is 70.5 Å². The molecular formula is C102H102BCl5F4N12NaO9S4. The maximum atomic E-state index is 13.7. The topological polar surface area (TPSA) is 331 Å². The smallest absolute Gasteiger partial charge is 0.550 e. The van der Waals surface area contributed by atoms with Gasteiger partial charge in [-0.2, -0.15) is 0 Å². The standard InChI is InChI=1S/3C24H21ClFN3OS.C12H15NO2.C7H4ClFO.C5H6N2S.C2H3ClO.C2H4O2.2CH4.B.Na/c3*1-14(16-7-4-3-5-8-16)28-24(30)21-15(2)27-23(20-9-6-12-31-20)29-22(21)18-11-10-17(26)13-19(18)25;1-9(14)8-12(15)13-10(2)11-6-4-3-5-7-11;8-7-3-6(9)2-1-5(7)4-10;6-5(7)4-2-1-3-8-4;2*1-2(3)4;;;;/h3*3-14,22H,1-2H3,(H,27,29)(H,28,30);3-7,10H,8H2,1-2H3,(H,13,15);1-4H;1-3H,(H3,6,7);1H3;1H3,(H,3,4);2*1H4;;/q;;;;;;;;;;;+1/p-1/t14-,22+;2*14-,22-;10-;;;;;;;;/m0000......../s1. The molecule has 3 aliphatic heterocycles. The van der Waals surface area contributed by atoms with Crippen LogP contribution in [0.3, 0.4) is 0 Å². The molecule has 21 nitrogen and oxygen atoms in total. The fourth-order valence-corrected chi connectivity index (χ4v) is 16.7. The van der Waals surface area contributed by atoms with Crippen molar-refractivity contribution in [1.82, 2.24) is 37.2 Å². The number of carbonyl (C=O) groups excluding carboxylic acids is 8. The summed E-state index contributed by atoms with van der Waals surface area (Å²) in [6, 6.07) is 67.7. The number of amides is 4. The molecule has 12 aromatic rings. The van der Waals surface area contributed by atoms with Crippen LogP contribution in [0.25, 0.3) is 0 Å². The third kappa shape index (κ3) is 36.9. The summed E-state index contributed by atoms with van der Waals surface area (Å²) in [5.41, 5.74) is 14.6. The molecule has 0 spiro atoms. The summed E-state index contributed by atoms with van der Waals surface area (Å²) in [6.07, 6.45) is 0.541. The summed E-state index contributed by atoms with van der Waals surface area (Å²) >= 11 is 35.3. The van der Waals surface area contributed by atoms with Crippen LogP contribution in [0.1, 0.15) is 202 Å². The number of hydrogen-bond donors (Lipinski definition) is 9. The number of benzene rings is 8. The molecule has 4 amide bonds. The first-order chi connectivity index (χ1) is 63.9. The number of aliphatic carboxylic acids is 1. The van der Waals surface area contributed by atoms with Gasteiger partial charge >= 0.3 is 29.6 Å². The fraction of sp³-hybridized carbons (Fsp3) is 0.196. The molecule has 3 radical (unpaired) electrons. The number of Topliss-reactive ketones (excluding diaryl/α,β-unsaturated/α-hetero) is 1. The first-order valence-corrected chi connectivity index (χ1v) is 46.5. The van der Waals surface area contributed by atoms with Crippen molar-refractivity contribution in [2.75, 3.05) is 0 Å². The van der Waals surface area contributed by atoms with Crippen LogP contribution < -0.4 is 77.6 Å². The third-order valence-corrected chi connectivity index (χ3v) is 24.2. The number of nitrogens with two attached hydrogens (primary N) is 1. The van der Waals surface area contributed by atoms with Crippen molar-refractivity contribution in [2.45, 2.75) is 133 Å². The molecule has 715 valence electrons. The maximum Gasteiger partial charge on any atom is 1.00 e. The number of rotatable bonds is 21. The molecule has 4 aromatic heterocycles. The Morgan fingerprint density at radius 2 is 0.696 bits per heavy atom. The summed E-state index contributed by atoms with van der Waals surface area (Å²) in [7, 11) is 0. The van der Waals surface area contributed by atoms with Crippen LogP contribution >= 0.6 is 103 Å². The summed E-state index contributed by atoms with van der Waals surface area (Å²) in [5, 5.41) is 45.8. The second kappa shape index (κ2) is 59.5. The first kappa shape index (κ1) is 119. The molecule has 7 heterocycles. The monoisotopic (exact) mass is 2050 g/mol. The molecule has 138 heavy (non-hydrogen) atoms. The quantitative estimate of drug-likeness (QED) is 0.00615. The van der Waals surface area contributed by atoms with Gasteiger partial charge < -0.3 is 52.9 Å². The molecule has 10 N–H and O–H groups in total. The number of carboxylic acids is 1. The van der Waals surface area contributed by atoms with Gasteiger partial charge in [-0.25, -0.2) is 17.6 Å². The van der Waals surface area contributed by atoms with Gasteiger partial charge in [0, 0.05) is 75.7 Å². The van der Waals surface area contributed by atoms with Gasteiger partial charge in [0.15, 0.2) is 6.29 Å². The Morgan fingerprint density at radius 1 is 0.435 bits per heavy atom. The van der Waals surface area contributed by atoms with Gasteiger partial charge in [0.2, 0.25) is 11.1 Å². The number of aliphatic imine (C=N–C) groups is 3. The molecule has 8 aromatic carbocycles. The van der Waals surface area contributed by atoms with Gasteiger partial charge in [-0.15, -0.1) is 45.3 Å². The average Bonchev–Trinajstić information content (AvgIpc) is 1.14. The number of carbonyl (C=O) groups is 8. The van der Waals surface area contributed by atoms with Crippen LogP contribution in [0.2, 0.25) is 20.1 Å². The van der Waals surface area contributed by atoms with E-state index in [9.17, 15) is 51.1 Å². The minimum atomic E-state index is -1.08. The third-order valence-electron chi connectivity index (χ3n) is 19.4. The van der Waals surface area contributed by atoms with E-state index in [1.54, 1.807) is 52.2 Å². The zero-order valence-electron chi connectivity index (χ0n) is 75.4. The predicted molar refractivity (Wildman–Crippen MR) is 548 cm³/mol. The molecule has 0 aliphatic carbocycles. The van der Waals surface area contributed by atoms with E-state index < -0.39 is 47.4 Å². The number of amidine groups is 4. The summed E-state index contributed by atoms with van der Waals surface area (Å²) in [6.45, 7) is 16.9. The molecule has 3 aliphatic rings.